The van der Waals surface area contributed by atoms with Crippen LogP contribution < -0.4 is 5.73 Å². The lowest BCUT2D eigenvalue weighted by Gasteiger charge is -2.06. The van der Waals surface area contributed by atoms with Crippen molar-refractivity contribution in [3.8, 4) is 0 Å². The Morgan fingerprint density at radius 3 is 3.00 bits per heavy atom. The number of methoxy groups -OCH3 is 1. The van der Waals surface area contributed by atoms with Gasteiger partial charge in [0.25, 0.3) is 0 Å². The van der Waals surface area contributed by atoms with E-state index in [9.17, 15) is 0 Å². The number of aryl methyl sites for hydroxylation is 1. The first-order valence-corrected chi connectivity index (χ1v) is 5.56. The highest BCUT2D eigenvalue weighted by atomic mass is 16.5. The van der Waals surface area contributed by atoms with E-state index in [0.717, 1.165) is 26.0 Å². The molecule has 1 heterocycles. The molecule has 0 atom stereocenters. The summed E-state index contributed by atoms with van der Waals surface area (Å²) in [7, 11) is 1.75. The molecule has 0 bridgehead atoms. The smallest absolute Gasteiger partial charge is 0.0948 e. The number of hydrogen-bond donors (Lipinski definition) is 1. The number of rotatable bonds is 8. The molecule has 2 N–H and O–H groups in total. The van der Waals surface area contributed by atoms with Gasteiger partial charge in [-0.2, -0.15) is 0 Å². The lowest BCUT2D eigenvalue weighted by atomic mass is 10.2. The van der Waals surface area contributed by atoms with Crippen LogP contribution in [-0.4, -0.2) is 29.8 Å². The summed E-state index contributed by atoms with van der Waals surface area (Å²) in [5.41, 5.74) is 6.77. The molecule has 15 heavy (non-hydrogen) atoms. The second-order valence-corrected chi connectivity index (χ2v) is 3.67. The summed E-state index contributed by atoms with van der Waals surface area (Å²) in [5, 5.41) is 0. The van der Waals surface area contributed by atoms with Crippen LogP contribution in [0.3, 0.4) is 0 Å². The Morgan fingerprint density at radius 1 is 1.40 bits per heavy atom. The third kappa shape index (κ3) is 4.44. The summed E-state index contributed by atoms with van der Waals surface area (Å²) >= 11 is 0. The SMILES string of the molecule is COCCCCCn1cncc1CCN. The van der Waals surface area contributed by atoms with E-state index in [2.05, 4.69) is 9.55 Å². The van der Waals surface area contributed by atoms with Crippen molar-refractivity contribution < 1.29 is 4.74 Å². The van der Waals surface area contributed by atoms with E-state index in [-0.39, 0.29) is 0 Å². The van der Waals surface area contributed by atoms with Gasteiger partial charge in [0.15, 0.2) is 0 Å². The first-order valence-electron chi connectivity index (χ1n) is 5.56. The van der Waals surface area contributed by atoms with E-state index < -0.39 is 0 Å². The van der Waals surface area contributed by atoms with E-state index in [1.54, 1.807) is 7.11 Å². The Hall–Kier alpha value is -0.870. The molecule has 4 heteroatoms. The third-order valence-corrected chi connectivity index (χ3v) is 2.45. The van der Waals surface area contributed by atoms with Crippen LogP contribution in [0.4, 0.5) is 0 Å². The van der Waals surface area contributed by atoms with Crippen molar-refractivity contribution >= 4 is 0 Å². The minimum absolute atomic E-state index is 0.690. The number of ether oxygens (including phenoxy) is 1. The van der Waals surface area contributed by atoms with Gasteiger partial charge in [0.05, 0.1) is 6.33 Å². The predicted molar refractivity (Wildman–Crippen MR) is 60.7 cm³/mol. The molecule has 4 nitrogen and oxygen atoms in total. The Bertz CT molecular complexity index is 260. The van der Waals surface area contributed by atoms with Crippen LogP contribution in [0.5, 0.6) is 0 Å². The molecule has 0 aromatic carbocycles. The van der Waals surface area contributed by atoms with Gasteiger partial charge in [-0.05, 0) is 25.8 Å². The molecule has 1 aromatic rings. The van der Waals surface area contributed by atoms with Crippen LogP contribution in [-0.2, 0) is 17.7 Å². The molecule has 1 rings (SSSR count). The van der Waals surface area contributed by atoms with Gasteiger partial charge in [0.2, 0.25) is 0 Å². The summed E-state index contributed by atoms with van der Waals surface area (Å²) in [5.74, 6) is 0. The lowest BCUT2D eigenvalue weighted by Crippen LogP contribution is -2.08. The number of unbranched alkanes of at least 4 members (excludes halogenated alkanes) is 2. The predicted octanol–water partition coefficient (Wildman–Crippen LogP) is 1.20. The van der Waals surface area contributed by atoms with E-state index in [1.165, 1.54) is 18.5 Å². The molecule has 86 valence electrons. The Kier molecular flexibility index (Phi) is 6.04. The summed E-state index contributed by atoms with van der Waals surface area (Å²) in [6, 6.07) is 0. The van der Waals surface area contributed by atoms with Gasteiger partial charge < -0.3 is 15.0 Å². The van der Waals surface area contributed by atoms with Crippen molar-refractivity contribution in [3.05, 3.63) is 18.2 Å². The average molecular weight is 211 g/mol. The highest BCUT2D eigenvalue weighted by Gasteiger charge is 2.00. The lowest BCUT2D eigenvalue weighted by molar-refractivity contribution is 0.191. The standard InChI is InChI=1S/C11H21N3O/c1-15-8-4-2-3-7-14-10-13-9-11(14)5-6-12/h9-10H,2-8,12H2,1H3. The summed E-state index contributed by atoms with van der Waals surface area (Å²) < 4.78 is 7.20. The molecule has 0 spiro atoms. The molecule has 0 aliphatic heterocycles. The zero-order valence-electron chi connectivity index (χ0n) is 9.48. The Labute approximate surface area is 91.4 Å². The van der Waals surface area contributed by atoms with Crippen molar-refractivity contribution in [3.63, 3.8) is 0 Å². The largest absolute Gasteiger partial charge is 0.385 e. The number of aromatic nitrogens is 2. The molecule has 0 amide bonds. The maximum absolute atomic E-state index is 5.53. The van der Waals surface area contributed by atoms with Gasteiger partial charge >= 0.3 is 0 Å². The van der Waals surface area contributed by atoms with Crippen molar-refractivity contribution in [1.82, 2.24) is 9.55 Å². The van der Waals surface area contributed by atoms with Gasteiger partial charge in [0.1, 0.15) is 0 Å². The summed E-state index contributed by atoms with van der Waals surface area (Å²) in [6.07, 6.45) is 8.23. The second kappa shape index (κ2) is 7.43. The van der Waals surface area contributed by atoms with Crippen LogP contribution in [0.1, 0.15) is 25.0 Å². The van der Waals surface area contributed by atoms with Crippen LogP contribution in [0.25, 0.3) is 0 Å². The number of nitrogens with two attached hydrogens (primary N) is 1. The van der Waals surface area contributed by atoms with Gasteiger partial charge in [-0.15, -0.1) is 0 Å². The van der Waals surface area contributed by atoms with Gasteiger partial charge in [0, 0.05) is 38.6 Å². The third-order valence-electron chi connectivity index (χ3n) is 2.45. The number of hydrogen-bond acceptors (Lipinski definition) is 3. The van der Waals surface area contributed by atoms with Crippen LogP contribution >= 0.6 is 0 Å². The second-order valence-electron chi connectivity index (χ2n) is 3.67. The van der Waals surface area contributed by atoms with Crippen LogP contribution in [0, 0.1) is 0 Å². The molecule has 0 saturated carbocycles. The molecule has 0 unspecified atom stereocenters. The van der Waals surface area contributed by atoms with Crippen molar-refractivity contribution in [2.45, 2.75) is 32.2 Å². The molecule has 1 aromatic heterocycles. The first-order chi connectivity index (χ1) is 7.38. The van der Waals surface area contributed by atoms with Crippen molar-refractivity contribution in [2.24, 2.45) is 5.73 Å². The van der Waals surface area contributed by atoms with Crippen LogP contribution in [0.2, 0.25) is 0 Å². The van der Waals surface area contributed by atoms with E-state index in [0.29, 0.717) is 6.54 Å². The van der Waals surface area contributed by atoms with Gasteiger partial charge in [-0.25, -0.2) is 4.98 Å². The number of nitrogens with zero attached hydrogens (tertiary/aromatic N) is 2. The average Bonchev–Trinajstić information content (AvgIpc) is 2.66. The Morgan fingerprint density at radius 2 is 2.27 bits per heavy atom. The normalized spacial score (nSPS) is 10.8. The maximum atomic E-state index is 5.53. The van der Waals surface area contributed by atoms with Crippen molar-refractivity contribution in [1.29, 1.82) is 0 Å². The molecule has 0 radical (unpaired) electrons. The topological polar surface area (TPSA) is 53.1 Å². The summed E-state index contributed by atoms with van der Waals surface area (Å²) in [4.78, 5) is 4.14. The quantitative estimate of drug-likeness (QED) is 0.657. The van der Waals surface area contributed by atoms with Crippen molar-refractivity contribution in [2.75, 3.05) is 20.3 Å². The first kappa shape index (κ1) is 12.2. The zero-order chi connectivity index (χ0) is 10.9. The van der Waals surface area contributed by atoms with E-state index in [4.69, 9.17) is 10.5 Å². The van der Waals surface area contributed by atoms with Gasteiger partial charge in [-0.1, -0.05) is 0 Å². The highest BCUT2D eigenvalue weighted by molar-refractivity contribution is 4.98. The molecule has 0 aliphatic rings. The maximum Gasteiger partial charge on any atom is 0.0948 e. The van der Waals surface area contributed by atoms with Gasteiger partial charge in [-0.3, -0.25) is 0 Å². The fourth-order valence-corrected chi connectivity index (χ4v) is 1.61. The number of imidazole rings is 1. The molecular formula is C11H21N3O. The zero-order valence-corrected chi connectivity index (χ0v) is 9.48. The van der Waals surface area contributed by atoms with E-state index in [1.807, 2.05) is 12.5 Å². The molecular weight excluding hydrogens is 190 g/mol. The summed E-state index contributed by atoms with van der Waals surface area (Å²) in [6.45, 7) is 2.59. The molecule has 0 saturated heterocycles. The van der Waals surface area contributed by atoms with E-state index >= 15 is 0 Å². The molecule has 0 fully saturated rings. The molecule has 0 aliphatic carbocycles. The minimum atomic E-state index is 0.690. The monoisotopic (exact) mass is 211 g/mol. The Balaban J connectivity index is 2.21. The van der Waals surface area contributed by atoms with Crippen LogP contribution in [0.15, 0.2) is 12.5 Å². The minimum Gasteiger partial charge on any atom is -0.385 e. The fraction of sp³-hybridized carbons (Fsp3) is 0.727. The fourth-order valence-electron chi connectivity index (χ4n) is 1.61. The highest BCUT2D eigenvalue weighted by Crippen LogP contribution is 2.04.